The van der Waals surface area contributed by atoms with E-state index in [1.807, 2.05) is 0 Å². The molecule has 0 aromatic heterocycles. The molecule has 0 aliphatic carbocycles. The van der Waals surface area contributed by atoms with Crippen molar-refractivity contribution >= 4 is 44.9 Å². The van der Waals surface area contributed by atoms with Crippen LogP contribution in [0.15, 0.2) is 41.3 Å². The predicted molar refractivity (Wildman–Crippen MR) is 123 cm³/mol. The van der Waals surface area contributed by atoms with E-state index in [9.17, 15) is 18.0 Å². The topological polar surface area (TPSA) is 117 Å². The van der Waals surface area contributed by atoms with E-state index in [4.69, 9.17) is 21.1 Å². The highest BCUT2D eigenvalue weighted by molar-refractivity contribution is 7.89. The maximum atomic E-state index is 13.2. The Bertz CT molecular complexity index is 1200. The van der Waals surface area contributed by atoms with Gasteiger partial charge in [-0.1, -0.05) is 17.7 Å². The minimum atomic E-state index is -3.94. The van der Waals surface area contributed by atoms with Gasteiger partial charge in [-0.25, -0.2) is 13.2 Å². The third-order valence-electron chi connectivity index (χ3n) is 5.43. The molecule has 2 aliphatic heterocycles. The number of hydrogen-bond acceptors (Lipinski definition) is 6. The highest BCUT2D eigenvalue weighted by atomic mass is 35.5. The molecule has 2 aromatic rings. The summed E-state index contributed by atoms with van der Waals surface area (Å²) in [6.45, 7) is 2.20. The van der Waals surface area contributed by atoms with E-state index in [-0.39, 0.29) is 53.8 Å². The third kappa shape index (κ3) is 4.70. The van der Waals surface area contributed by atoms with Gasteiger partial charge in [0.2, 0.25) is 10.0 Å². The van der Waals surface area contributed by atoms with Crippen molar-refractivity contribution in [1.29, 1.82) is 0 Å². The number of urea groups is 1. The van der Waals surface area contributed by atoms with E-state index >= 15 is 0 Å². The molecule has 0 unspecified atom stereocenters. The van der Waals surface area contributed by atoms with Crippen molar-refractivity contribution in [3.63, 3.8) is 0 Å². The van der Waals surface area contributed by atoms with Gasteiger partial charge in [0.15, 0.2) is 6.10 Å². The average molecular weight is 495 g/mol. The number of methoxy groups -OCH3 is 1. The normalized spacial score (nSPS) is 18.7. The summed E-state index contributed by atoms with van der Waals surface area (Å²) in [6.07, 6.45) is -0.749. The Hall–Kier alpha value is -3.02. The summed E-state index contributed by atoms with van der Waals surface area (Å²) >= 11 is 6.25. The quantitative estimate of drug-likeness (QED) is 0.674. The van der Waals surface area contributed by atoms with Crippen LogP contribution in [-0.2, 0) is 14.8 Å². The highest BCUT2D eigenvalue weighted by Crippen LogP contribution is 2.38. The van der Waals surface area contributed by atoms with E-state index in [0.717, 1.165) is 0 Å². The number of hydrogen-bond donors (Lipinski definition) is 2. The number of ether oxygens (including phenoxy) is 2. The van der Waals surface area contributed by atoms with Crippen LogP contribution in [0.2, 0.25) is 5.02 Å². The first kappa shape index (κ1) is 23.1. The van der Waals surface area contributed by atoms with Gasteiger partial charge in [-0.05, 0) is 25.1 Å². The molecule has 1 fully saturated rings. The fourth-order valence-corrected chi connectivity index (χ4v) is 5.52. The predicted octanol–water partition coefficient (Wildman–Crippen LogP) is 2.61. The number of halogens is 1. The number of carbonyl (C=O) groups is 2. The Morgan fingerprint density at radius 2 is 1.94 bits per heavy atom. The van der Waals surface area contributed by atoms with Crippen LogP contribution in [0.1, 0.15) is 6.92 Å². The molecule has 33 heavy (non-hydrogen) atoms. The first-order valence-electron chi connectivity index (χ1n) is 10.2. The summed E-state index contributed by atoms with van der Waals surface area (Å²) in [5.74, 6) is 0.516. The molecule has 2 aromatic carbocycles. The zero-order valence-corrected chi connectivity index (χ0v) is 19.6. The number of piperazine rings is 1. The number of anilines is 2. The zero-order valence-electron chi connectivity index (χ0n) is 18.0. The molecule has 3 amide bonds. The van der Waals surface area contributed by atoms with Gasteiger partial charge in [0, 0.05) is 44.0 Å². The monoisotopic (exact) mass is 494 g/mol. The standard InChI is InChI=1S/C21H23ClN4O6S/c1-13-20(27)24-17-11-16(22)19(12-18(17)32-13)33(29,30)26-8-6-25(7-9-26)21(28)23-14-4-3-5-15(10-14)31-2/h3-5,10-13H,6-9H2,1-2H3,(H,23,28)(H,24,27)/t13-/m0/s1. The Morgan fingerprint density at radius 3 is 2.64 bits per heavy atom. The van der Waals surface area contributed by atoms with Crippen molar-refractivity contribution in [3.05, 3.63) is 41.4 Å². The number of rotatable bonds is 4. The maximum Gasteiger partial charge on any atom is 0.321 e. The molecule has 2 N–H and O–H groups in total. The molecule has 4 rings (SSSR count). The van der Waals surface area contributed by atoms with E-state index in [2.05, 4.69) is 10.6 Å². The first-order chi connectivity index (χ1) is 15.7. The van der Waals surface area contributed by atoms with Crippen molar-refractivity contribution < 1.29 is 27.5 Å². The second-order valence-corrected chi connectivity index (χ2v) is 9.89. The number of benzene rings is 2. The molecule has 1 atom stereocenters. The molecule has 12 heteroatoms. The van der Waals surface area contributed by atoms with Crippen molar-refractivity contribution in [2.45, 2.75) is 17.9 Å². The van der Waals surface area contributed by atoms with Gasteiger partial charge >= 0.3 is 6.03 Å². The average Bonchev–Trinajstić information content (AvgIpc) is 2.80. The maximum absolute atomic E-state index is 13.2. The lowest BCUT2D eigenvalue weighted by Crippen LogP contribution is -2.51. The van der Waals surface area contributed by atoms with Gasteiger partial charge in [0.1, 0.15) is 16.4 Å². The number of carbonyl (C=O) groups excluding carboxylic acids is 2. The van der Waals surface area contributed by atoms with Crippen molar-refractivity contribution in [3.8, 4) is 11.5 Å². The van der Waals surface area contributed by atoms with Gasteiger partial charge in [-0.3, -0.25) is 4.79 Å². The lowest BCUT2D eigenvalue weighted by Gasteiger charge is -2.34. The lowest BCUT2D eigenvalue weighted by atomic mass is 10.2. The molecule has 2 heterocycles. The number of nitrogens with zero attached hydrogens (tertiary/aromatic N) is 2. The summed E-state index contributed by atoms with van der Waals surface area (Å²) < 4.78 is 38.4. The number of sulfonamides is 1. The van der Waals surface area contributed by atoms with E-state index in [0.29, 0.717) is 17.1 Å². The first-order valence-corrected chi connectivity index (χ1v) is 12.0. The van der Waals surface area contributed by atoms with E-state index < -0.39 is 16.1 Å². The molecular formula is C21H23ClN4O6S. The summed E-state index contributed by atoms with van der Waals surface area (Å²) in [6, 6.07) is 9.33. The molecule has 10 nitrogen and oxygen atoms in total. The molecule has 0 saturated carbocycles. The number of amides is 3. The third-order valence-corrected chi connectivity index (χ3v) is 7.79. The van der Waals surface area contributed by atoms with Crippen LogP contribution in [0, 0.1) is 0 Å². The summed E-state index contributed by atoms with van der Waals surface area (Å²) in [5.41, 5.74) is 0.901. The molecule has 0 spiro atoms. The Morgan fingerprint density at radius 1 is 1.21 bits per heavy atom. The van der Waals surface area contributed by atoms with Crippen LogP contribution in [0.5, 0.6) is 11.5 Å². The van der Waals surface area contributed by atoms with Crippen LogP contribution in [-0.4, -0.2) is 69.0 Å². The molecule has 1 saturated heterocycles. The summed E-state index contributed by atoms with van der Waals surface area (Å²) in [4.78, 5) is 25.8. The van der Waals surface area contributed by atoms with Crippen LogP contribution in [0.3, 0.4) is 0 Å². The van der Waals surface area contributed by atoms with Crippen LogP contribution in [0.4, 0.5) is 16.2 Å². The number of fused-ring (bicyclic) bond motifs is 1. The van der Waals surface area contributed by atoms with Crippen LogP contribution < -0.4 is 20.1 Å². The minimum Gasteiger partial charge on any atom is -0.497 e. The lowest BCUT2D eigenvalue weighted by molar-refractivity contribution is -0.122. The molecule has 2 aliphatic rings. The SMILES string of the molecule is COc1cccc(NC(=O)N2CCN(S(=O)(=O)c3cc4c(cc3Cl)NC(=O)[C@H](C)O4)CC2)c1. The molecular weight excluding hydrogens is 472 g/mol. The van der Waals surface area contributed by atoms with Gasteiger partial charge in [-0.15, -0.1) is 0 Å². The Kier molecular flexibility index (Phi) is 6.37. The highest BCUT2D eigenvalue weighted by Gasteiger charge is 2.34. The second-order valence-electron chi connectivity index (χ2n) is 7.58. The smallest absolute Gasteiger partial charge is 0.321 e. The molecule has 176 valence electrons. The van der Waals surface area contributed by atoms with Crippen molar-refractivity contribution in [2.75, 3.05) is 43.9 Å². The number of nitrogens with one attached hydrogen (secondary N) is 2. The minimum absolute atomic E-state index is 0.0228. The summed E-state index contributed by atoms with van der Waals surface area (Å²) in [7, 11) is -2.40. The van der Waals surface area contributed by atoms with Crippen LogP contribution >= 0.6 is 11.6 Å². The summed E-state index contributed by atoms with van der Waals surface area (Å²) in [5, 5.41) is 5.40. The second kappa shape index (κ2) is 9.08. The van der Waals surface area contributed by atoms with E-state index in [1.54, 1.807) is 36.1 Å². The van der Waals surface area contributed by atoms with Crippen LogP contribution in [0.25, 0.3) is 0 Å². The molecule has 0 bridgehead atoms. The molecule has 0 radical (unpaired) electrons. The van der Waals surface area contributed by atoms with Crippen molar-refractivity contribution in [2.24, 2.45) is 0 Å². The van der Waals surface area contributed by atoms with Crippen molar-refractivity contribution in [1.82, 2.24) is 9.21 Å². The van der Waals surface area contributed by atoms with Gasteiger partial charge in [-0.2, -0.15) is 4.31 Å². The van der Waals surface area contributed by atoms with Gasteiger partial charge in [0.05, 0.1) is 17.8 Å². The fourth-order valence-electron chi connectivity index (χ4n) is 3.58. The van der Waals surface area contributed by atoms with E-state index in [1.165, 1.54) is 23.5 Å². The Labute approximate surface area is 196 Å². The largest absolute Gasteiger partial charge is 0.497 e. The van der Waals surface area contributed by atoms with Gasteiger partial charge in [0.25, 0.3) is 5.91 Å². The van der Waals surface area contributed by atoms with Gasteiger partial charge < -0.3 is 25.0 Å². The zero-order chi connectivity index (χ0) is 23.8. The Balaban J connectivity index is 1.44. The fraction of sp³-hybridized carbons (Fsp3) is 0.333.